The van der Waals surface area contributed by atoms with E-state index in [1.807, 2.05) is 13.8 Å². The molecule has 0 spiro atoms. The van der Waals surface area contributed by atoms with Crippen LogP contribution in [0.2, 0.25) is 0 Å². The molecule has 0 radical (unpaired) electrons. The van der Waals surface area contributed by atoms with Crippen molar-refractivity contribution in [1.29, 1.82) is 0 Å². The number of hydrogen-bond donors (Lipinski definition) is 0. The van der Waals surface area contributed by atoms with Gasteiger partial charge in [0.25, 0.3) is 0 Å². The van der Waals surface area contributed by atoms with Gasteiger partial charge < -0.3 is 4.74 Å². The van der Waals surface area contributed by atoms with Crippen LogP contribution in [0.5, 0.6) is 0 Å². The summed E-state index contributed by atoms with van der Waals surface area (Å²) >= 11 is 0. The van der Waals surface area contributed by atoms with E-state index in [1.54, 1.807) is 6.92 Å². The van der Waals surface area contributed by atoms with Gasteiger partial charge in [0.1, 0.15) is 11.9 Å². The molecule has 0 saturated carbocycles. The molecule has 0 amide bonds. The summed E-state index contributed by atoms with van der Waals surface area (Å²) in [6, 6.07) is 0. The van der Waals surface area contributed by atoms with Crippen LogP contribution >= 0.6 is 0 Å². The first kappa shape index (κ1) is 12.3. The first-order chi connectivity index (χ1) is 6.02. The van der Waals surface area contributed by atoms with Crippen LogP contribution < -0.4 is 0 Å². The number of carbonyl (C=O) groups excluding carboxylic acids is 2. The molecule has 0 aromatic rings. The highest BCUT2D eigenvalue weighted by molar-refractivity contribution is 6.01. The van der Waals surface area contributed by atoms with Crippen LogP contribution in [0.3, 0.4) is 0 Å². The predicted octanol–water partition coefficient (Wildman–Crippen LogP) is 1.60. The predicted molar refractivity (Wildman–Crippen MR) is 50.6 cm³/mol. The van der Waals surface area contributed by atoms with Gasteiger partial charge in [0.05, 0.1) is 6.42 Å². The molecule has 0 N–H and O–H groups in total. The van der Waals surface area contributed by atoms with Crippen molar-refractivity contribution in [1.82, 2.24) is 0 Å². The number of carbonyl (C=O) groups is 2. The first-order valence-corrected chi connectivity index (χ1v) is 4.61. The zero-order valence-corrected chi connectivity index (χ0v) is 8.79. The van der Waals surface area contributed by atoms with Gasteiger partial charge in [-0.05, 0) is 13.3 Å². The normalized spacial score (nSPS) is 15.1. The lowest BCUT2D eigenvalue weighted by molar-refractivity contribution is -0.134. The molecular weight excluding hydrogens is 168 g/mol. The summed E-state index contributed by atoms with van der Waals surface area (Å²) in [5, 5.41) is 0. The van der Waals surface area contributed by atoms with Crippen molar-refractivity contribution in [2.75, 3.05) is 7.11 Å². The first-order valence-electron chi connectivity index (χ1n) is 4.61. The average molecular weight is 186 g/mol. The molecule has 0 aliphatic carbocycles. The van der Waals surface area contributed by atoms with E-state index in [2.05, 4.69) is 0 Å². The van der Waals surface area contributed by atoms with Crippen molar-refractivity contribution < 1.29 is 14.3 Å². The van der Waals surface area contributed by atoms with Gasteiger partial charge in [-0.2, -0.15) is 0 Å². The van der Waals surface area contributed by atoms with E-state index in [0.29, 0.717) is 0 Å². The Balaban J connectivity index is 3.99. The lowest BCUT2D eigenvalue weighted by Gasteiger charge is -2.10. The molecule has 0 saturated heterocycles. The standard InChI is InChI=1S/C10H18O3/c1-5-7(2)9(11)6-10(12)8(3)13-4/h7-8H,5-6H2,1-4H3. The minimum absolute atomic E-state index is 0.00398. The average Bonchev–Trinajstić information content (AvgIpc) is 2.14. The molecule has 0 aromatic carbocycles. The number of rotatable bonds is 6. The van der Waals surface area contributed by atoms with Crippen LogP contribution in [-0.4, -0.2) is 24.8 Å². The van der Waals surface area contributed by atoms with Crippen LogP contribution in [0.15, 0.2) is 0 Å². The van der Waals surface area contributed by atoms with Crippen LogP contribution in [0.4, 0.5) is 0 Å². The molecule has 2 atom stereocenters. The monoisotopic (exact) mass is 186 g/mol. The molecule has 2 unspecified atom stereocenters. The third kappa shape index (κ3) is 4.18. The summed E-state index contributed by atoms with van der Waals surface area (Å²) in [5.41, 5.74) is 0. The maximum atomic E-state index is 11.3. The van der Waals surface area contributed by atoms with Crippen molar-refractivity contribution in [3.63, 3.8) is 0 Å². The molecule has 0 rings (SSSR count). The minimum atomic E-state index is -0.465. The molecule has 3 heteroatoms. The van der Waals surface area contributed by atoms with Crippen LogP contribution in [0, 0.1) is 5.92 Å². The van der Waals surface area contributed by atoms with Crippen molar-refractivity contribution in [3.8, 4) is 0 Å². The smallest absolute Gasteiger partial charge is 0.168 e. The number of methoxy groups -OCH3 is 1. The lowest BCUT2D eigenvalue weighted by atomic mass is 9.98. The van der Waals surface area contributed by atoms with E-state index in [1.165, 1.54) is 7.11 Å². The van der Waals surface area contributed by atoms with Gasteiger partial charge >= 0.3 is 0 Å². The van der Waals surface area contributed by atoms with Crippen molar-refractivity contribution >= 4 is 11.6 Å². The summed E-state index contributed by atoms with van der Waals surface area (Å²) in [7, 11) is 1.47. The van der Waals surface area contributed by atoms with Crippen molar-refractivity contribution in [2.45, 2.75) is 39.7 Å². The van der Waals surface area contributed by atoms with E-state index in [4.69, 9.17) is 4.74 Å². The Labute approximate surface area is 79.5 Å². The molecule has 76 valence electrons. The lowest BCUT2D eigenvalue weighted by Crippen LogP contribution is -2.24. The van der Waals surface area contributed by atoms with Crippen LogP contribution in [-0.2, 0) is 14.3 Å². The zero-order chi connectivity index (χ0) is 10.4. The highest BCUT2D eigenvalue weighted by Crippen LogP contribution is 2.07. The Hall–Kier alpha value is -0.700. The summed E-state index contributed by atoms with van der Waals surface area (Å²) in [6.45, 7) is 5.44. The summed E-state index contributed by atoms with van der Waals surface area (Å²) in [6.07, 6.45) is 0.324. The molecule has 0 fully saturated rings. The molecule has 0 aliphatic heterocycles. The number of ether oxygens (including phenoxy) is 1. The SMILES string of the molecule is CCC(C)C(=O)CC(=O)C(C)OC. The molecule has 0 aliphatic rings. The van der Waals surface area contributed by atoms with E-state index in [9.17, 15) is 9.59 Å². The molecule has 3 nitrogen and oxygen atoms in total. The van der Waals surface area contributed by atoms with E-state index >= 15 is 0 Å². The number of ketones is 2. The molecule has 13 heavy (non-hydrogen) atoms. The summed E-state index contributed by atoms with van der Waals surface area (Å²) < 4.78 is 4.82. The van der Waals surface area contributed by atoms with Gasteiger partial charge in [0.15, 0.2) is 5.78 Å². The molecule has 0 heterocycles. The van der Waals surface area contributed by atoms with E-state index in [-0.39, 0.29) is 23.9 Å². The fourth-order valence-electron chi connectivity index (χ4n) is 0.849. The second-order valence-electron chi connectivity index (χ2n) is 3.30. The van der Waals surface area contributed by atoms with E-state index < -0.39 is 6.10 Å². The Morgan fingerprint density at radius 3 is 2.15 bits per heavy atom. The Morgan fingerprint density at radius 2 is 1.77 bits per heavy atom. The molecule has 0 aromatic heterocycles. The Bertz CT molecular complexity index is 167. The van der Waals surface area contributed by atoms with Gasteiger partial charge in [-0.3, -0.25) is 9.59 Å². The summed E-state index contributed by atoms with van der Waals surface area (Å²) in [5.74, 6) is -0.141. The second-order valence-corrected chi connectivity index (χ2v) is 3.30. The van der Waals surface area contributed by atoms with Gasteiger partial charge in [-0.25, -0.2) is 0 Å². The Morgan fingerprint density at radius 1 is 1.23 bits per heavy atom. The Kier molecular flexibility index (Phi) is 5.55. The van der Waals surface area contributed by atoms with Gasteiger partial charge in [-0.15, -0.1) is 0 Å². The van der Waals surface area contributed by atoms with E-state index in [0.717, 1.165) is 6.42 Å². The highest BCUT2D eigenvalue weighted by Gasteiger charge is 2.19. The fraction of sp³-hybridized carbons (Fsp3) is 0.800. The highest BCUT2D eigenvalue weighted by atomic mass is 16.5. The third-order valence-corrected chi connectivity index (χ3v) is 2.32. The topological polar surface area (TPSA) is 43.4 Å². The second kappa shape index (κ2) is 5.86. The van der Waals surface area contributed by atoms with Gasteiger partial charge in [-0.1, -0.05) is 13.8 Å². The van der Waals surface area contributed by atoms with Gasteiger partial charge in [0, 0.05) is 13.0 Å². The number of hydrogen-bond acceptors (Lipinski definition) is 3. The maximum absolute atomic E-state index is 11.3. The van der Waals surface area contributed by atoms with Crippen LogP contribution in [0.1, 0.15) is 33.6 Å². The summed E-state index contributed by atoms with van der Waals surface area (Å²) in [4.78, 5) is 22.6. The van der Waals surface area contributed by atoms with Crippen molar-refractivity contribution in [2.24, 2.45) is 5.92 Å². The fourth-order valence-corrected chi connectivity index (χ4v) is 0.849. The van der Waals surface area contributed by atoms with Crippen LogP contribution in [0.25, 0.3) is 0 Å². The zero-order valence-electron chi connectivity index (χ0n) is 8.79. The molecular formula is C10H18O3. The largest absolute Gasteiger partial charge is 0.374 e. The number of Topliss-reactive ketones (excluding diaryl/α,β-unsaturated/α-hetero) is 2. The third-order valence-electron chi connectivity index (χ3n) is 2.32. The maximum Gasteiger partial charge on any atom is 0.168 e. The quantitative estimate of drug-likeness (QED) is 0.592. The minimum Gasteiger partial charge on any atom is -0.374 e. The molecule has 0 bridgehead atoms. The van der Waals surface area contributed by atoms with Gasteiger partial charge in [0.2, 0.25) is 0 Å². The van der Waals surface area contributed by atoms with Crippen molar-refractivity contribution in [3.05, 3.63) is 0 Å².